The van der Waals surface area contributed by atoms with E-state index in [9.17, 15) is 8.78 Å². The van der Waals surface area contributed by atoms with Crippen molar-refractivity contribution < 1.29 is 18.6 Å². The van der Waals surface area contributed by atoms with E-state index in [0.717, 1.165) is 10.0 Å². The van der Waals surface area contributed by atoms with E-state index in [1.807, 2.05) is 12.1 Å². The molecule has 0 aromatic heterocycles. The summed E-state index contributed by atoms with van der Waals surface area (Å²) in [5, 5.41) is 11.7. The van der Waals surface area contributed by atoms with Gasteiger partial charge in [-0.2, -0.15) is 0 Å². The van der Waals surface area contributed by atoms with Gasteiger partial charge in [0.1, 0.15) is 11.9 Å². The Bertz CT molecular complexity index is 363. The average Bonchev–Trinajstić information content (AvgIpc) is 2.29. The second-order valence-corrected chi connectivity index (χ2v) is 4.36. The summed E-state index contributed by atoms with van der Waals surface area (Å²) in [6.07, 6.45) is -4.35. The molecule has 1 unspecified atom stereocenters. The van der Waals surface area contributed by atoms with Crippen LogP contribution in [-0.2, 0) is 6.54 Å². The lowest BCUT2D eigenvalue weighted by Crippen LogP contribution is -2.31. The van der Waals surface area contributed by atoms with Crippen molar-refractivity contribution in [3.8, 4) is 5.75 Å². The fourth-order valence-electron chi connectivity index (χ4n) is 1.27. The first-order chi connectivity index (χ1) is 8.04. The number of hydrogen-bond donors (Lipinski definition) is 2. The molecule has 0 saturated carbocycles. The lowest BCUT2D eigenvalue weighted by Gasteiger charge is -2.11. The highest BCUT2D eigenvalue weighted by Crippen LogP contribution is 2.25. The highest BCUT2D eigenvalue weighted by atomic mass is 79.9. The molecule has 0 bridgehead atoms. The van der Waals surface area contributed by atoms with E-state index in [4.69, 9.17) is 9.84 Å². The van der Waals surface area contributed by atoms with E-state index in [1.54, 1.807) is 13.2 Å². The number of rotatable bonds is 6. The molecule has 0 heterocycles. The Morgan fingerprint density at radius 3 is 2.71 bits per heavy atom. The maximum absolute atomic E-state index is 12.0. The Hall–Kier alpha value is -0.720. The third-order valence-electron chi connectivity index (χ3n) is 2.19. The van der Waals surface area contributed by atoms with Gasteiger partial charge in [0.15, 0.2) is 0 Å². The minimum absolute atomic E-state index is 0.138. The molecule has 2 N–H and O–H groups in total. The molecule has 17 heavy (non-hydrogen) atoms. The molecule has 0 spiro atoms. The first kappa shape index (κ1) is 14.3. The van der Waals surface area contributed by atoms with Gasteiger partial charge in [-0.15, -0.1) is 0 Å². The predicted molar refractivity (Wildman–Crippen MR) is 64.4 cm³/mol. The summed E-state index contributed by atoms with van der Waals surface area (Å²) in [6, 6.07) is 5.44. The van der Waals surface area contributed by atoms with Gasteiger partial charge in [0, 0.05) is 13.1 Å². The van der Waals surface area contributed by atoms with Gasteiger partial charge in [0.2, 0.25) is 0 Å². The van der Waals surface area contributed by atoms with Gasteiger partial charge >= 0.3 is 0 Å². The zero-order chi connectivity index (χ0) is 12.8. The number of aliphatic hydroxyl groups excluding tert-OH is 1. The van der Waals surface area contributed by atoms with Crippen LogP contribution in [0.15, 0.2) is 22.7 Å². The van der Waals surface area contributed by atoms with E-state index >= 15 is 0 Å². The standard InChI is InChI=1S/C11H14BrF2NO2/c1-17-10-3-2-7(4-8(10)12)5-15-6-9(16)11(13)14/h2-4,9,11,15-16H,5-6H2,1H3. The fourth-order valence-corrected chi connectivity index (χ4v) is 1.86. The molecule has 0 saturated heterocycles. The van der Waals surface area contributed by atoms with Gasteiger partial charge in [0.25, 0.3) is 6.43 Å². The van der Waals surface area contributed by atoms with Gasteiger partial charge in [-0.1, -0.05) is 6.07 Å². The zero-order valence-electron chi connectivity index (χ0n) is 9.29. The first-order valence-electron chi connectivity index (χ1n) is 5.04. The number of alkyl halides is 2. The highest BCUT2D eigenvalue weighted by Gasteiger charge is 2.15. The van der Waals surface area contributed by atoms with Gasteiger partial charge < -0.3 is 15.2 Å². The average molecular weight is 310 g/mol. The highest BCUT2D eigenvalue weighted by molar-refractivity contribution is 9.10. The monoisotopic (exact) mass is 309 g/mol. The molecule has 1 atom stereocenters. The Balaban J connectivity index is 2.45. The summed E-state index contributed by atoms with van der Waals surface area (Å²) in [6.45, 7) is 0.272. The van der Waals surface area contributed by atoms with E-state index in [0.29, 0.717) is 12.3 Å². The molecule has 0 radical (unpaired) electrons. The predicted octanol–water partition coefficient (Wildman–Crippen LogP) is 2.17. The number of benzene rings is 1. The van der Waals surface area contributed by atoms with Crippen molar-refractivity contribution in [1.82, 2.24) is 5.32 Å². The number of nitrogens with one attached hydrogen (secondary N) is 1. The van der Waals surface area contributed by atoms with Gasteiger partial charge in [0.05, 0.1) is 11.6 Å². The Kier molecular flexibility index (Phi) is 5.80. The fraction of sp³-hybridized carbons (Fsp3) is 0.455. The van der Waals surface area contributed by atoms with E-state index in [1.165, 1.54) is 0 Å². The van der Waals surface area contributed by atoms with Gasteiger partial charge in [-0.3, -0.25) is 0 Å². The van der Waals surface area contributed by atoms with Crippen LogP contribution in [0.5, 0.6) is 5.75 Å². The van der Waals surface area contributed by atoms with Crippen LogP contribution in [0, 0.1) is 0 Å². The van der Waals surface area contributed by atoms with Crippen molar-refractivity contribution in [2.24, 2.45) is 0 Å². The van der Waals surface area contributed by atoms with Crippen molar-refractivity contribution in [2.45, 2.75) is 19.1 Å². The molecule has 96 valence electrons. The largest absolute Gasteiger partial charge is 0.496 e. The number of ether oxygens (including phenoxy) is 1. The summed E-state index contributed by atoms with van der Waals surface area (Å²) in [5.41, 5.74) is 0.916. The van der Waals surface area contributed by atoms with Crippen LogP contribution in [0.2, 0.25) is 0 Å². The Labute approximate surface area is 107 Å². The van der Waals surface area contributed by atoms with Crippen molar-refractivity contribution in [2.75, 3.05) is 13.7 Å². The molecule has 1 rings (SSSR count). The summed E-state index contributed by atoms with van der Waals surface area (Å²) >= 11 is 3.33. The van der Waals surface area contributed by atoms with Crippen LogP contribution in [0.25, 0.3) is 0 Å². The molecule has 1 aromatic rings. The SMILES string of the molecule is COc1ccc(CNCC(O)C(F)F)cc1Br. The summed E-state index contributed by atoms with van der Waals surface area (Å²) in [5.74, 6) is 0.710. The number of halogens is 3. The molecule has 0 fully saturated rings. The van der Waals surface area contributed by atoms with E-state index in [2.05, 4.69) is 21.2 Å². The molecule has 6 heteroatoms. The van der Waals surface area contributed by atoms with E-state index < -0.39 is 12.5 Å². The molecular formula is C11H14BrF2NO2. The normalized spacial score (nSPS) is 12.8. The summed E-state index contributed by atoms with van der Waals surface area (Å²) in [7, 11) is 1.57. The third-order valence-corrected chi connectivity index (χ3v) is 2.81. The van der Waals surface area contributed by atoms with Crippen molar-refractivity contribution in [1.29, 1.82) is 0 Å². The molecule has 0 aliphatic rings. The number of aliphatic hydroxyl groups is 1. The van der Waals surface area contributed by atoms with Crippen LogP contribution in [0.4, 0.5) is 8.78 Å². The molecule has 0 amide bonds. The van der Waals surface area contributed by atoms with Crippen molar-refractivity contribution >= 4 is 15.9 Å². The third kappa shape index (κ3) is 4.57. The minimum atomic E-state index is -2.72. The van der Waals surface area contributed by atoms with Gasteiger partial charge in [-0.05, 0) is 33.6 Å². The Morgan fingerprint density at radius 1 is 1.47 bits per heavy atom. The first-order valence-corrected chi connectivity index (χ1v) is 5.83. The zero-order valence-corrected chi connectivity index (χ0v) is 10.9. The molecule has 0 aliphatic heterocycles. The van der Waals surface area contributed by atoms with Crippen molar-refractivity contribution in [3.05, 3.63) is 28.2 Å². The van der Waals surface area contributed by atoms with Crippen LogP contribution in [-0.4, -0.2) is 31.3 Å². The quantitative estimate of drug-likeness (QED) is 0.846. The maximum atomic E-state index is 12.0. The minimum Gasteiger partial charge on any atom is -0.496 e. The smallest absolute Gasteiger partial charge is 0.265 e. The van der Waals surface area contributed by atoms with Gasteiger partial charge in [-0.25, -0.2) is 8.78 Å². The summed E-state index contributed by atoms with van der Waals surface area (Å²) in [4.78, 5) is 0. The van der Waals surface area contributed by atoms with Crippen LogP contribution >= 0.6 is 15.9 Å². The number of methoxy groups -OCH3 is 1. The lowest BCUT2D eigenvalue weighted by molar-refractivity contribution is -0.00340. The van der Waals surface area contributed by atoms with Crippen molar-refractivity contribution in [3.63, 3.8) is 0 Å². The second kappa shape index (κ2) is 6.88. The number of hydrogen-bond acceptors (Lipinski definition) is 3. The molecule has 3 nitrogen and oxygen atoms in total. The van der Waals surface area contributed by atoms with Crippen LogP contribution in [0.1, 0.15) is 5.56 Å². The molecule has 1 aromatic carbocycles. The van der Waals surface area contributed by atoms with Crippen LogP contribution < -0.4 is 10.1 Å². The van der Waals surface area contributed by atoms with E-state index in [-0.39, 0.29) is 6.54 Å². The Morgan fingerprint density at radius 2 is 2.18 bits per heavy atom. The summed E-state index contributed by atoms with van der Waals surface area (Å²) < 4.78 is 29.9. The molecular weight excluding hydrogens is 296 g/mol. The lowest BCUT2D eigenvalue weighted by atomic mass is 10.2. The molecule has 0 aliphatic carbocycles. The topological polar surface area (TPSA) is 41.5 Å². The van der Waals surface area contributed by atoms with Crippen LogP contribution in [0.3, 0.4) is 0 Å². The maximum Gasteiger partial charge on any atom is 0.265 e. The second-order valence-electron chi connectivity index (χ2n) is 3.50.